The van der Waals surface area contributed by atoms with Crippen LogP contribution in [-0.4, -0.2) is 30.3 Å². The van der Waals surface area contributed by atoms with Crippen LogP contribution in [0.1, 0.15) is 19.3 Å². The summed E-state index contributed by atoms with van der Waals surface area (Å²) in [5.41, 5.74) is 0. The molecular weight excluding hydrogens is 238 g/mol. The molecule has 0 aliphatic carbocycles. The number of rotatable bonds is 2. The topological polar surface area (TPSA) is 74.1 Å². The number of piperidine rings is 1. The van der Waals surface area contributed by atoms with Crippen molar-refractivity contribution in [1.29, 1.82) is 5.26 Å². The Balaban J connectivity index is 2.35. The summed E-state index contributed by atoms with van der Waals surface area (Å²) in [7, 11) is -3.57. The minimum atomic E-state index is -3.57. The van der Waals surface area contributed by atoms with E-state index in [1.165, 1.54) is 22.8 Å². The second-order valence-corrected chi connectivity index (χ2v) is 5.84. The lowest BCUT2D eigenvalue weighted by Crippen LogP contribution is -2.42. The maximum absolute atomic E-state index is 12.3. The molecule has 0 bridgehead atoms. The van der Waals surface area contributed by atoms with Crippen molar-refractivity contribution in [2.24, 2.45) is 0 Å². The quantitative estimate of drug-likeness (QED) is 0.790. The number of pyridine rings is 1. The fraction of sp³-hybridized carbons (Fsp3) is 0.455. The predicted molar refractivity (Wildman–Crippen MR) is 61.4 cm³/mol. The first-order valence-electron chi connectivity index (χ1n) is 5.48. The third kappa shape index (κ3) is 2.30. The van der Waals surface area contributed by atoms with Gasteiger partial charge in [0.05, 0.1) is 6.07 Å². The molecule has 0 amide bonds. The van der Waals surface area contributed by atoms with Crippen molar-refractivity contribution in [3.8, 4) is 6.07 Å². The number of aromatic nitrogens is 1. The van der Waals surface area contributed by atoms with Crippen LogP contribution in [0.2, 0.25) is 0 Å². The van der Waals surface area contributed by atoms with Crippen molar-refractivity contribution < 1.29 is 8.42 Å². The highest BCUT2D eigenvalue weighted by atomic mass is 32.2. The molecule has 0 saturated carbocycles. The van der Waals surface area contributed by atoms with Gasteiger partial charge in [0, 0.05) is 18.9 Å². The molecule has 0 N–H and O–H groups in total. The average Bonchev–Trinajstić information content (AvgIpc) is 2.39. The molecule has 90 valence electrons. The molecule has 0 aromatic carbocycles. The molecule has 6 heteroatoms. The highest BCUT2D eigenvalue weighted by molar-refractivity contribution is 7.89. The van der Waals surface area contributed by atoms with Gasteiger partial charge in [0.2, 0.25) is 10.0 Å². The third-order valence-corrected chi connectivity index (χ3v) is 4.74. The van der Waals surface area contributed by atoms with Crippen molar-refractivity contribution in [1.82, 2.24) is 9.29 Å². The van der Waals surface area contributed by atoms with Crippen molar-refractivity contribution in [2.75, 3.05) is 6.54 Å². The van der Waals surface area contributed by atoms with Gasteiger partial charge in [0.15, 0.2) is 0 Å². The zero-order valence-electron chi connectivity index (χ0n) is 9.28. The van der Waals surface area contributed by atoms with E-state index in [0.29, 0.717) is 13.0 Å². The third-order valence-electron chi connectivity index (χ3n) is 2.84. The first-order valence-corrected chi connectivity index (χ1v) is 6.92. The molecule has 2 heterocycles. The summed E-state index contributed by atoms with van der Waals surface area (Å²) in [6.07, 6.45) is 5.15. The Labute approximate surface area is 101 Å². The van der Waals surface area contributed by atoms with E-state index in [2.05, 4.69) is 11.1 Å². The zero-order valence-corrected chi connectivity index (χ0v) is 10.1. The standard InChI is InChI=1S/C11H13N3O2S/c12-8-10-4-1-2-7-14(10)17(15,16)11-5-3-6-13-9-11/h3,5-6,9-10H,1-2,4,7H2. The highest BCUT2D eigenvalue weighted by Gasteiger charge is 2.33. The van der Waals surface area contributed by atoms with E-state index < -0.39 is 16.1 Å². The fourth-order valence-corrected chi connectivity index (χ4v) is 3.53. The first-order chi connectivity index (χ1) is 8.16. The minimum absolute atomic E-state index is 0.155. The molecule has 1 aromatic rings. The van der Waals surface area contributed by atoms with Crippen molar-refractivity contribution in [3.63, 3.8) is 0 Å². The summed E-state index contributed by atoms with van der Waals surface area (Å²) in [6, 6.07) is 4.60. The maximum Gasteiger partial charge on any atom is 0.245 e. The molecular formula is C11H13N3O2S. The number of nitrogens with zero attached hydrogens (tertiary/aromatic N) is 3. The molecule has 1 aliphatic rings. The van der Waals surface area contributed by atoms with E-state index in [-0.39, 0.29) is 4.90 Å². The van der Waals surface area contributed by atoms with E-state index >= 15 is 0 Å². The molecule has 1 unspecified atom stereocenters. The largest absolute Gasteiger partial charge is 0.263 e. The second-order valence-electron chi connectivity index (χ2n) is 3.95. The molecule has 1 aliphatic heterocycles. The minimum Gasteiger partial charge on any atom is -0.263 e. The second kappa shape index (κ2) is 4.82. The van der Waals surface area contributed by atoms with Gasteiger partial charge in [-0.05, 0) is 31.4 Å². The zero-order chi connectivity index (χ0) is 12.3. The molecule has 17 heavy (non-hydrogen) atoms. The van der Waals surface area contributed by atoms with E-state index in [1.807, 2.05) is 0 Å². The molecule has 1 fully saturated rings. The molecule has 0 spiro atoms. The van der Waals surface area contributed by atoms with Gasteiger partial charge in [0.25, 0.3) is 0 Å². The van der Waals surface area contributed by atoms with Crippen LogP contribution in [0.15, 0.2) is 29.4 Å². The van der Waals surface area contributed by atoms with Gasteiger partial charge < -0.3 is 0 Å². The Morgan fingerprint density at radius 3 is 2.94 bits per heavy atom. The summed E-state index contributed by atoms with van der Waals surface area (Å²) < 4.78 is 25.9. The van der Waals surface area contributed by atoms with Gasteiger partial charge >= 0.3 is 0 Å². The van der Waals surface area contributed by atoms with E-state index in [4.69, 9.17) is 5.26 Å². The SMILES string of the molecule is N#CC1CCCCN1S(=O)(=O)c1cccnc1. The number of nitriles is 1. The molecule has 1 saturated heterocycles. The van der Waals surface area contributed by atoms with Crippen molar-refractivity contribution >= 4 is 10.0 Å². The first kappa shape index (κ1) is 12.0. The van der Waals surface area contributed by atoms with E-state index in [9.17, 15) is 8.42 Å². The molecule has 1 atom stereocenters. The monoisotopic (exact) mass is 251 g/mol. The van der Waals surface area contributed by atoms with Crippen LogP contribution in [0, 0.1) is 11.3 Å². The summed E-state index contributed by atoms with van der Waals surface area (Å²) in [5, 5.41) is 9.00. The summed E-state index contributed by atoms with van der Waals surface area (Å²) in [5.74, 6) is 0. The summed E-state index contributed by atoms with van der Waals surface area (Å²) in [4.78, 5) is 3.96. The predicted octanol–water partition coefficient (Wildman–Crippen LogP) is 1.15. The average molecular weight is 251 g/mol. The maximum atomic E-state index is 12.3. The van der Waals surface area contributed by atoms with Crippen LogP contribution in [0.4, 0.5) is 0 Å². The van der Waals surface area contributed by atoms with Crippen molar-refractivity contribution in [3.05, 3.63) is 24.5 Å². The van der Waals surface area contributed by atoms with E-state index in [0.717, 1.165) is 12.8 Å². The van der Waals surface area contributed by atoms with Gasteiger partial charge in [-0.1, -0.05) is 0 Å². The van der Waals surface area contributed by atoms with Crippen molar-refractivity contribution in [2.45, 2.75) is 30.2 Å². The fourth-order valence-electron chi connectivity index (χ4n) is 1.96. The van der Waals surface area contributed by atoms with Crippen LogP contribution < -0.4 is 0 Å². The van der Waals surface area contributed by atoms with Gasteiger partial charge in [-0.15, -0.1) is 0 Å². The number of hydrogen-bond acceptors (Lipinski definition) is 4. The normalized spacial score (nSPS) is 21.9. The molecule has 5 nitrogen and oxygen atoms in total. The lowest BCUT2D eigenvalue weighted by molar-refractivity contribution is 0.297. The Morgan fingerprint density at radius 2 is 2.29 bits per heavy atom. The van der Waals surface area contributed by atoms with Crippen LogP contribution in [0.3, 0.4) is 0 Å². The van der Waals surface area contributed by atoms with Crippen LogP contribution in [0.5, 0.6) is 0 Å². The molecule has 0 radical (unpaired) electrons. The van der Waals surface area contributed by atoms with Gasteiger partial charge in [-0.25, -0.2) is 8.42 Å². The number of sulfonamides is 1. The molecule has 2 rings (SSSR count). The Hall–Kier alpha value is -1.45. The van der Waals surface area contributed by atoms with Crippen LogP contribution >= 0.6 is 0 Å². The van der Waals surface area contributed by atoms with Gasteiger partial charge in [-0.3, -0.25) is 4.98 Å². The lowest BCUT2D eigenvalue weighted by atomic mass is 10.1. The smallest absolute Gasteiger partial charge is 0.245 e. The van der Waals surface area contributed by atoms with Crippen LogP contribution in [0.25, 0.3) is 0 Å². The van der Waals surface area contributed by atoms with Crippen LogP contribution in [-0.2, 0) is 10.0 Å². The van der Waals surface area contributed by atoms with Gasteiger partial charge in [0.1, 0.15) is 10.9 Å². The highest BCUT2D eigenvalue weighted by Crippen LogP contribution is 2.24. The van der Waals surface area contributed by atoms with Gasteiger partial charge in [-0.2, -0.15) is 9.57 Å². The Bertz CT molecular complexity index is 521. The summed E-state index contributed by atoms with van der Waals surface area (Å²) in [6.45, 7) is 0.412. The molecule has 1 aromatic heterocycles. The Morgan fingerprint density at radius 1 is 1.47 bits per heavy atom. The Kier molecular flexibility index (Phi) is 3.41. The number of hydrogen-bond donors (Lipinski definition) is 0. The summed E-state index contributed by atoms with van der Waals surface area (Å²) >= 11 is 0. The van der Waals surface area contributed by atoms with E-state index in [1.54, 1.807) is 6.07 Å². The lowest BCUT2D eigenvalue weighted by Gasteiger charge is -2.30.